The Bertz CT molecular complexity index is 919. The number of aromatic nitrogens is 4. The van der Waals surface area contributed by atoms with Crippen LogP contribution >= 0.6 is 11.6 Å². The molecule has 0 radical (unpaired) electrons. The van der Waals surface area contributed by atoms with Crippen LogP contribution in [-0.4, -0.2) is 32.2 Å². The van der Waals surface area contributed by atoms with Gasteiger partial charge in [-0.2, -0.15) is 5.10 Å². The molecule has 1 N–H and O–H groups in total. The zero-order valence-corrected chi connectivity index (χ0v) is 14.6. The molecule has 2 aromatic heterocycles. The van der Waals surface area contributed by atoms with Crippen LogP contribution in [0.15, 0.2) is 24.3 Å². The van der Waals surface area contributed by atoms with Gasteiger partial charge in [0.1, 0.15) is 11.6 Å². The molecule has 0 aliphatic heterocycles. The molecule has 124 valence electrons. The second-order valence-corrected chi connectivity index (χ2v) is 6.04. The number of fused-ring (bicyclic) bond motifs is 1. The lowest BCUT2D eigenvalue weighted by Crippen LogP contribution is -2.28. The topological polar surface area (TPSA) is 72.7 Å². The van der Waals surface area contributed by atoms with Gasteiger partial charge in [0.05, 0.1) is 22.6 Å². The first kappa shape index (κ1) is 16.4. The lowest BCUT2D eigenvalue weighted by Gasteiger charge is -2.10. The predicted molar refractivity (Wildman–Crippen MR) is 93.3 cm³/mol. The summed E-state index contributed by atoms with van der Waals surface area (Å²) in [6, 6.07) is 7.22. The third kappa shape index (κ3) is 3.23. The second kappa shape index (κ2) is 6.57. The van der Waals surface area contributed by atoms with Crippen molar-refractivity contribution in [2.45, 2.75) is 27.3 Å². The van der Waals surface area contributed by atoms with Crippen LogP contribution < -0.4 is 5.32 Å². The molecule has 1 amide bonds. The van der Waals surface area contributed by atoms with Crippen molar-refractivity contribution in [1.29, 1.82) is 0 Å². The molecule has 0 saturated heterocycles. The maximum absolute atomic E-state index is 12.6. The monoisotopic (exact) mass is 343 g/mol. The molecule has 1 aromatic carbocycles. The Morgan fingerprint density at radius 2 is 2.04 bits per heavy atom. The second-order valence-electron chi connectivity index (χ2n) is 5.63. The van der Waals surface area contributed by atoms with Crippen molar-refractivity contribution >= 4 is 28.4 Å². The third-order valence-corrected chi connectivity index (χ3v) is 4.04. The summed E-state index contributed by atoms with van der Waals surface area (Å²) in [5, 5.41) is 8.50. The summed E-state index contributed by atoms with van der Waals surface area (Å²) in [6.07, 6.45) is 0. The molecule has 0 spiro atoms. The highest BCUT2D eigenvalue weighted by Gasteiger charge is 2.13. The first-order chi connectivity index (χ1) is 11.5. The Kier molecular flexibility index (Phi) is 4.49. The van der Waals surface area contributed by atoms with Crippen molar-refractivity contribution in [3.63, 3.8) is 0 Å². The van der Waals surface area contributed by atoms with Gasteiger partial charge >= 0.3 is 0 Å². The lowest BCUT2D eigenvalue weighted by molar-refractivity contribution is 0.0953. The van der Waals surface area contributed by atoms with Crippen LogP contribution in [0.5, 0.6) is 0 Å². The molecule has 3 rings (SSSR count). The number of nitrogens with zero attached hydrogens (tertiary/aromatic N) is 4. The van der Waals surface area contributed by atoms with Crippen LogP contribution in [0.1, 0.15) is 27.7 Å². The van der Waals surface area contributed by atoms with E-state index in [9.17, 15) is 4.79 Å². The first-order valence-electron chi connectivity index (χ1n) is 7.68. The normalized spacial score (nSPS) is 11.0. The van der Waals surface area contributed by atoms with Crippen LogP contribution in [0.2, 0.25) is 5.02 Å². The Labute approximate surface area is 144 Å². The van der Waals surface area contributed by atoms with E-state index >= 15 is 0 Å². The summed E-state index contributed by atoms with van der Waals surface area (Å²) in [6.45, 7) is 6.62. The molecule has 7 heteroatoms. The van der Waals surface area contributed by atoms with Crippen molar-refractivity contribution in [2.75, 3.05) is 6.54 Å². The highest BCUT2D eigenvalue weighted by molar-refractivity contribution is 6.35. The van der Waals surface area contributed by atoms with Crippen LogP contribution in [0.25, 0.3) is 10.9 Å². The van der Waals surface area contributed by atoms with Crippen molar-refractivity contribution in [3.8, 4) is 0 Å². The molecule has 3 aromatic rings. The molecule has 0 aliphatic carbocycles. The van der Waals surface area contributed by atoms with E-state index in [2.05, 4.69) is 20.4 Å². The van der Waals surface area contributed by atoms with Crippen LogP contribution in [0.3, 0.4) is 0 Å². The van der Waals surface area contributed by atoms with Gasteiger partial charge in [0.25, 0.3) is 5.91 Å². The minimum Gasteiger partial charge on any atom is -0.350 e. The maximum atomic E-state index is 12.6. The minimum absolute atomic E-state index is 0.151. The average Bonchev–Trinajstić information content (AvgIpc) is 2.85. The van der Waals surface area contributed by atoms with Gasteiger partial charge in [-0.1, -0.05) is 23.7 Å². The molecule has 24 heavy (non-hydrogen) atoms. The van der Waals surface area contributed by atoms with Gasteiger partial charge in [-0.05, 0) is 32.9 Å². The zero-order valence-electron chi connectivity index (χ0n) is 13.8. The van der Waals surface area contributed by atoms with Crippen molar-refractivity contribution in [3.05, 3.63) is 52.2 Å². The highest BCUT2D eigenvalue weighted by atomic mass is 35.5. The van der Waals surface area contributed by atoms with Gasteiger partial charge in [-0.25, -0.2) is 9.67 Å². The molecule has 0 saturated carbocycles. The summed E-state index contributed by atoms with van der Waals surface area (Å²) in [4.78, 5) is 21.2. The van der Waals surface area contributed by atoms with Gasteiger partial charge in [0.2, 0.25) is 0 Å². The Morgan fingerprint density at radius 1 is 1.25 bits per heavy atom. The Morgan fingerprint density at radius 3 is 2.75 bits per heavy atom. The first-order valence-corrected chi connectivity index (χ1v) is 8.05. The quantitative estimate of drug-likeness (QED) is 0.790. The summed E-state index contributed by atoms with van der Waals surface area (Å²) in [5.41, 5.74) is 1.97. The SMILES string of the molecule is Cc1cc(C(=O)NCCn2nc(C)nc2C)c2cccc(Cl)c2n1. The molecule has 6 nitrogen and oxygen atoms in total. The molecule has 0 unspecified atom stereocenters. The number of carbonyl (C=O) groups excluding carboxylic acids is 1. The molecule has 0 bridgehead atoms. The Hall–Kier alpha value is -2.47. The number of hydrogen-bond donors (Lipinski definition) is 1. The smallest absolute Gasteiger partial charge is 0.252 e. The van der Waals surface area contributed by atoms with Gasteiger partial charge in [-0.3, -0.25) is 9.78 Å². The number of pyridine rings is 1. The van der Waals surface area contributed by atoms with Crippen molar-refractivity contribution in [2.24, 2.45) is 0 Å². The number of benzene rings is 1. The molecule has 0 atom stereocenters. The number of hydrogen-bond acceptors (Lipinski definition) is 4. The largest absolute Gasteiger partial charge is 0.350 e. The number of para-hydroxylation sites is 1. The van der Waals surface area contributed by atoms with Gasteiger partial charge in [0.15, 0.2) is 0 Å². The van der Waals surface area contributed by atoms with Crippen LogP contribution in [0, 0.1) is 20.8 Å². The highest BCUT2D eigenvalue weighted by Crippen LogP contribution is 2.25. The van der Waals surface area contributed by atoms with Gasteiger partial charge in [0, 0.05) is 17.6 Å². The standard InChI is InChI=1S/C17H18ClN5O/c1-10-9-14(13-5-4-6-15(18)16(13)20-10)17(24)19-7-8-23-12(3)21-11(2)22-23/h4-6,9H,7-8H2,1-3H3,(H,19,24). The van der Waals surface area contributed by atoms with Crippen LogP contribution in [-0.2, 0) is 6.54 Å². The Balaban J connectivity index is 1.79. The average molecular weight is 344 g/mol. The number of rotatable bonds is 4. The minimum atomic E-state index is -0.151. The number of carbonyl (C=O) groups is 1. The number of aryl methyl sites for hydroxylation is 3. The summed E-state index contributed by atoms with van der Waals surface area (Å²) < 4.78 is 1.78. The molecular formula is C17H18ClN5O. The molecular weight excluding hydrogens is 326 g/mol. The van der Waals surface area contributed by atoms with E-state index in [1.807, 2.05) is 32.9 Å². The van der Waals surface area contributed by atoms with Gasteiger partial charge in [-0.15, -0.1) is 0 Å². The zero-order chi connectivity index (χ0) is 17.3. The van der Waals surface area contributed by atoms with Crippen LogP contribution in [0.4, 0.5) is 0 Å². The van der Waals surface area contributed by atoms with Crippen molar-refractivity contribution in [1.82, 2.24) is 25.1 Å². The van der Waals surface area contributed by atoms with E-state index in [0.717, 1.165) is 22.7 Å². The fourth-order valence-electron chi connectivity index (χ4n) is 2.67. The van der Waals surface area contributed by atoms with E-state index in [0.29, 0.717) is 29.2 Å². The van der Waals surface area contributed by atoms with E-state index in [1.165, 1.54) is 0 Å². The maximum Gasteiger partial charge on any atom is 0.252 e. The molecule has 0 fully saturated rings. The van der Waals surface area contributed by atoms with E-state index in [-0.39, 0.29) is 5.91 Å². The number of amides is 1. The molecule has 0 aliphatic rings. The van der Waals surface area contributed by atoms with E-state index < -0.39 is 0 Å². The predicted octanol–water partition coefficient (Wildman–Crippen LogP) is 2.83. The summed E-state index contributed by atoms with van der Waals surface area (Å²) >= 11 is 6.20. The van der Waals surface area contributed by atoms with Crippen molar-refractivity contribution < 1.29 is 4.79 Å². The fraction of sp³-hybridized carbons (Fsp3) is 0.294. The van der Waals surface area contributed by atoms with E-state index in [4.69, 9.17) is 11.6 Å². The number of halogens is 1. The summed E-state index contributed by atoms with van der Waals surface area (Å²) in [7, 11) is 0. The van der Waals surface area contributed by atoms with Gasteiger partial charge < -0.3 is 5.32 Å². The number of nitrogens with one attached hydrogen (secondary N) is 1. The fourth-order valence-corrected chi connectivity index (χ4v) is 2.89. The lowest BCUT2D eigenvalue weighted by atomic mass is 10.1. The molecule has 2 heterocycles. The summed E-state index contributed by atoms with van der Waals surface area (Å²) in [5.74, 6) is 1.41. The third-order valence-electron chi connectivity index (χ3n) is 3.73. The van der Waals surface area contributed by atoms with E-state index in [1.54, 1.807) is 16.8 Å².